The summed E-state index contributed by atoms with van der Waals surface area (Å²) in [6.45, 7) is 7.67. The van der Waals surface area contributed by atoms with Crippen LogP contribution in [0.15, 0.2) is 29.2 Å². The summed E-state index contributed by atoms with van der Waals surface area (Å²) >= 11 is 5.94. The number of nitrogens with one attached hydrogen (secondary N) is 1. The zero-order chi connectivity index (χ0) is 16.7. The summed E-state index contributed by atoms with van der Waals surface area (Å²) in [5, 5.41) is 9.35. The van der Waals surface area contributed by atoms with Crippen molar-refractivity contribution < 1.29 is 4.74 Å². The van der Waals surface area contributed by atoms with Crippen molar-refractivity contribution >= 4 is 11.6 Å². The van der Waals surface area contributed by atoms with Gasteiger partial charge in [-0.25, -0.2) is 0 Å². The van der Waals surface area contributed by atoms with E-state index in [2.05, 4.69) is 4.98 Å². The van der Waals surface area contributed by atoms with Crippen LogP contribution in [-0.4, -0.2) is 4.98 Å². The molecule has 0 aliphatic heterocycles. The van der Waals surface area contributed by atoms with Gasteiger partial charge in [0.25, 0.3) is 5.56 Å². The Labute approximate surface area is 135 Å². The minimum Gasteiger partial charge on any atom is -0.456 e. The number of aromatic nitrogens is 1. The Kier molecular flexibility index (Phi) is 6.68. The summed E-state index contributed by atoms with van der Waals surface area (Å²) in [6, 6.07) is 6.77. The summed E-state index contributed by atoms with van der Waals surface area (Å²) in [5.74, 6) is 0.958. The Morgan fingerprint density at radius 3 is 2.59 bits per heavy atom. The molecule has 0 atom stereocenters. The van der Waals surface area contributed by atoms with Gasteiger partial charge in [0, 0.05) is 16.8 Å². The molecule has 0 bridgehead atoms. The van der Waals surface area contributed by atoms with Crippen LogP contribution in [0.4, 0.5) is 0 Å². The number of aryl methyl sites for hydroxylation is 1. The van der Waals surface area contributed by atoms with Gasteiger partial charge in [-0.15, -0.1) is 0 Å². The van der Waals surface area contributed by atoms with E-state index in [-0.39, 0.29) is 5.56 Å². The van der Waals surface area contributed by atoms with E-state index in [1.807, 2.05) is 26.8 Å². The molecule has 0 aliphatic carbocycles. The number of pyridine rings is 1. The van der Waals surface area contributed by atoms with Gasteiger partial charge in [-0.3, -0.25) is 4.79 Å². The van der Waals surface area contributed by atoms with E-state index in [9.17, 15) is 4.79 Å². The Morgan fingerprint density at radius 2 is 2.00 bits per heavy atom. The first-order valence-electron chi connectivity index (χ1n) is 7.15. The van der Waals surface area contributed by atoms with Crippen LogP contribution in [0.3, 0.4) is 0 Å². The molecule has 0 spiro atoms. The molecule has 0 radical (unpaired) electrons. The van der Waals surface area contributed by atoms with Crippen molar-refractivity contribution in [2.75, 3.05) is 0 Å². The van der Waals surface area contributed by atoms with Crippen molar-refractivity contribution in [1.82, 2.24) is 4.98 Å². The standard InChI is InChI=1S/C15H13ClN2O2.C2H6/c1-3-11-8-18-15(19)9(2)14(11)20-13-5-10(7-17)4-12(16)6-13;1-2/h4-6,8H,3H2,1-2H3,(H,18,19);1-2H3. The van der Waals surface area contributed by atoms with Gasteiger partial charge >= 0.3 is 0 Å². The van der Waals surface area contributed by atoms with E-state index in [0.717, 1.165) is 12.0 Å². The molecule has 0 fully saturated rings. The van der Waals surface area contributed by atoms with Crippen LogP contribution in [-0.2, 0) is 6.42 Å². The van der Waals surface area contributed by atoms with Crippen LogP contribution < -0.4 is 10.3 Å². The minimum atomic E-state index is -0.195. The highest BCUT2D eigenvalue weighted by atomic mass is 35.5. The Hall–Kier alpha value is -2.25. The third kappa shape index (κ3) is 4.12. The zero-order valence-electron chi connectivity index (χ0n) is 13.2. The van der Waals surface area contributed by atoms with Gasteiger partial charge < -0.3 is 9.72 Å². The van der Waals surface area contributed by atoms with E-state index in [1.165, 1.54) is 0 Å². The summed E-state index contributed by atoms with van der Waals surface area (Å²) in [6.07, 6.45) is 2.36. The third-order valence-corrected chi connectivity index (χ3v) is 3.17. The number of rotatable bonds is 3. The summed E-state index contributed by atoms with van der Waals surface area (Å²) in [4.78, 5) is 14.3. The number of hydrogen-bond donors (Lipinski definition) is 1. The molecule has 0 amide bonds. The molecule has 0 unspecified atom stereocenters. The molecule has 116 valence electrons. The van der Waals surface area contributed by atoms with E-state index in [4.69, 9.17) is 21.6 Å². The Bertz CT molecular complexity index is 745. The minimum absolute atomic E-state index is 0.195. The smallest absolute Gasteiger partial charge is 0.254 e. The van der Waals surface area contributed by atoms with Crippen LogP contribution in [0.5, 0.6) is 11.5 Å². The third-order valence-electron chi connectivity index (χ3n) is 2.95. The number of ether oxygens (including phenoxy) is 1. The predicted octanol–water partition coefficient (Wildman–Crippen LogP) is 4.59. The number of halogens is 1. The van der Waals surface area contributed by atoms with Crippen molar-refractivity contribution in [2.45, 2.75) is 34.1 Å². The fraction of sp³-hybridized carbons (Fsp3) is 0.294. The molecule has 2 rings (SSSR count). The lowest BCUT2D eigenvalue weighted by Gasteiger charge is -2.12. The van der Waals surface area contributed by atoms with Gasteiger partial charge in [-0.2, -0.15) is 5.26 Å². The number of nitriles is 1. The lowest BCUT2D eigenvalue weighted by molar-refractivity contribution is 0.471. The molecule has 1 aromatic heterocycles. The molecule has 1 heterocycles. The molecule has 0 aliphatic rings. The molecular formula is C17H19ClN2O2. The number of H-pyrrole nitrogens is 1. The van der Waals surface area contributed by atoms with Crippen LogP contribution in [0.25, 0.3) is 0 Å². The Balaban J connectivity index is 0.00000116. The van der Waals surface area contributed by atoms with E-state index >= 15 is 0 Å². The molecule has 0 saturated heterocycles. The Morgan fingerprint density at radius 1 is 1.32 bits per heavy atom. The van der Waals surface area contributed by atoms with Crippen LogP contribution in [0.1, 0.15) is 37.5 Å². The zero-order valence-corrected chi connectivity index (χ0v) is 13.9. The molecule has 1 aromatic carbocycles. The van der Waals surface area contributed by atoms with Crippen molar-refractivity contribution in [1.29, 1.82) is 5.26 Å². The summed E-state index contributed by atoms with van der Waals surface area (Å²) in [5.41, 5.74) is 1.61. The fourth-order valence-electron chi connectivity index (χ4n) is 1.88. The van der Waals surface area contributed by atoms with Crippen molar-refractivity contribution in [3.63, 3.8) is 0 Å². The molecule has 22 heavy (non-hydrogen) atoms. The highest BCUT2D eigenvalue weighted by Crippen LogP contribution is 2.29. The van der Waals surface area contributed by atoms with E-state index in [1.54, 1.807) is 31.3 Å². The summed E-state index contributed by atoms with van der Waals surface area (Å²) in [7, 11) is 0. The predicted molar refractivity (Wildman–Crippen MR) is 88.8 cm³/mol. The average molecular weight is 319 g/mol. The second-order valence-corrected chi connectivity index (χ2v) is 4.78. The lowest BCUT2D eigenvalue weighted by Crippen LogP contribution is -2.11. The number of hydrogen-bond acceptors (Lipinski definition) is 3. The van der Waals surface area contributed by atoms with Crippen LogP contribution >= 0.6 is 11.6 Å². The number of benzene rings is 1. The largest absolute Gasteiger partial charge is 0.456 e. The van der Waals surface area contributed by atoms with Crippen molar-refractivity contribution in [2.24, 2.45) is 0 Å². The van der Waals surface area contributed by atoms with Gasteiger partial charge in [0.1, 0.15) is 11.5 Å². The van der Waals surface area contributed by atoms with Gasteiger partial charge in [0.2, 0.25) is 0 Å². The maximum absolute atomic E-state index is 11.7. The normalized spacial score (nSPS) is 9.45. The average Bonchev–Trinajstić information content (AvgIpc) is 2.53. The number of nitrogens with zero attached hydrogens (tertiary/aromatic N) is 1. The quantitative estimate of drug-likeness (QED) is 0.900. The lowest BCUT2D eigenvalue weighted by atomic mass is 10.1. The van der Waals surface area contributed by atoms with Crippen molar-refractivity contribution in [3.8, 4) is 17.6 Å². The second kappa shape index (κ2) is 8.26. The first-order valence-corrected chi connectivity index (χ1v) is 7.52. The van der Waals surface area contributed by atoms with Crippen LogP contribution in [0.2, 0.25) is 5.02 Å². The van der Waals surface area contributed by atoms with Crippen LogP contribution in [0, 0.1) is 18.3 Å². The molecule has 4 nitrogen and oxygen atoms in total. The van der Waals surface area contributed by atoms with Crippen molar-refractivity contribution in [3.05, 3.63) is 56.5 Å². The second-order valence-electron chi connectivity index (χ2n) is 4.34. The first-order chi connectivity index (χ1) is 10.5. The monoisotopic (exact) mass is 318 g/mol. The van der Waals surface area contributed by atoms with Gasteiger partial charge in [-0.1, -0.05) is 32.4 Å². The molecule has 2 aromatic rings. The van der Waals surface area contributed by atoms with E-state index in [0.29, 0.717) is 27.6 Å². The van der Waals surface area contributed by atoms with Gasteiger partial charge in [0.05, 0.1) is 17.2 Å². The molecule has 1 N–H and O–H groups in total. The van der Waals surface area contributed by atoms with E-state index < -0.39 is 0 Å². The first kappa shape index (κ1) is 17.8. The topological polar surface area (TPSA) is 65.9 Å². The van der Waals surface area contributed by atoms with Gasteiger partial charge in [0.15, 0.2) is 0 Å². The maximum Gasteiger partial charge on any atom is 0.254 e. The number of aromatic amines is 1. The molecule has 5 heteroatoms. The van der Waals surface area contributed by atoms with Gasteiger partial charge in [-0.05, 0) is 31.5 Å². The maximum atomic E-state index is 11.7. The fourth-order valence-corrected chi connectivity index (χ4v) is 2.10. The SMILES string of the molecule is CC.CCc1c[nH]c(=O)c(C)c1Oc1cc(Cl)cc(C#N)c1. The highest BCUT2D eigenvalue weighted by molar-refractivity contribution is 6.30. The highest BCUT2D eigenvalue weighted by Gasteiger charge is 2.11. The molecule has 0 saturated carbocycles. The summed E-state index contributed by atoms with van der Waals surface area (Å²) < 4.78 is 5.78. The molecular weight excluding hydrogens is 300 g/mol.